The van der Waals surface area contributed by atoms with E-state index in [1.165, 1.54) is 36.5 Å². The molecule has 2 aromatic rings. The van der Waals surface area contributed by atoms with Crippen molar-refractivity contribution in [3.63, 3.8) is 0 Å². The predicted molar refractivity (Wildman–Crippen MR) is 83.7 cm³/mol. The lowest BCUT2D eigenvalue weighted by Gasteiger charge is -2.10. The molecule has 9 heteroatoms. The van der Waals surface area contributed by atoms with Gasteiger partial charge in [-0.2, -0.15) is 18.2 Å². The van der Waals surface area contributed by atoms with Gasteiger partial charge in [-0.05, 0) is 18.2 Å². The van der Waals surface area contributed by atoms with Crippen LogP contribution in [0.15, 0.2) is 48.3 Å². The van der Waals surface area contributed by atoms with E-state index < -0.39 is 12.6 Å². The van der Waals surface area contributed by atoms with Crippen LogP contribution in [0.2, 0.25) is 5.02 Å². The molecule has 0 spiro atoms. The van der Waals surface area contributed by atoms with Crippen LogP contribution in [0.3, 0.4) is 0 Å². The van der Waals surface area contributed by atoms with Crippen LogP contribution in [0, 0.1) is 5.95 Å². The minimum Gasteiger partial charge on any atom is -0.471 e. The van der Waals surface area contributed by atoms with E-state index in [4.69, 9.17) is 22.1 Å². The van der Waals surface area contributed by atoms with E-state index >= 15 is 0 Å². The second kappa shape index (κ2) is 8.30. The number of nitrogens with two attached hydrogens (primary N) is 1. The van der Waals surface area contributed by atoms with E-state index in [1.54, 1.807) is 6.07 Å². The summed E-state index contributed by atoms with van der Waals surface area (Å²) in [7, 11) is 0. The first-order chi connectivity index (χ1) is 11.4. The average Bonchev–Trinajstić information content (AvgIpc) is 2.53. The Morgan fingerprint density at radius 3 is 2.83 bits per heavy atom. The van der Waals surface area contributed by atoms with Crippen molar-refractivity contribution < 1.29 is 22.6 Å². The molecule has 0 aliphatic rings. The minimum absolute atomic E-state index is 0.0442. The maximum Gasteiger partial charge on any atom is 0.387 e. The number of alkyl halides is 2. The Kier molecular flexibility index (Phi) is 6.14. The largest absolute Gasteiger partial charge is 0.471 e. The minimum atomic E-state index is -2.98. The van der Waals surface area contributed by atoms with Gasteiger partial charge in [0.15, 0.2) is 0 Å². The number of benzene rings is 1. The molecular formula is C15H13ClF3N3O2. The Morgan fingerprint density at radius 2 is 2.12 bits per heavy atom. The zero-order chi connectivity index (χ0) is 17.5. The normalized spacial score (nSPS) is 11.5. The zero-order valence-corrected chi connectivity index (χ0v) is 12.9. The van der Waals surface area contributed by atoms with Gasteiger partial charge in [-0.25, -0.2) is 0 Å². The number of anilines is 1. The highest BCUT2D eigenvalue weighted by Crippen LogP contribution is 2.29. The molecule has 1 aromatic heterocycles. The molecule has 0 bridgehead atoms. The Labute approximate surface area is 140 Å². The van der Waals surface area contributed by atoms with Gasteiger partial charge in [0, 0.05) is 24.0 Å². The number of hydrogen-bond acceptors (Lipinski definition) is 5. The monoisotopic (exact) mass is 359 g/mol. The van der Waals surface area contributed by atoms with E-state index in [9.17, 15) is 13.2 Å². The van der Waals surface area contributed by atoms with Crippen molar-refractivity contribution in [2.45, 2.75) is 6.61 Å². The number of rotatable bonds is 7. The fourth-order valence-electron chi connectivity index (χ4n) is 1.62. The van der Waals surface area contributed by atoms with Crippen molar-refractivity contribution in [1.82, 2.24) is 4.98 Å². The predicted octanol–water partition coefficient (Wildman–Crippen LogP) is 3.77. The van der Waals surface area contributed by atoms with Crippen molar-refractivity contribution in [3.05, 3.63) is 59.3 Å². The van der Waals surface area contributed by atoms with E-state index in [0.29, 0.717) is 5.69 Å². The molecule has 0 aliphatic carbocycles. The molecule has 128 valence electrons. The third kappa shape index (κ3) is 5.54. The van der Waals surface area contributed by atoms with E-state index in [0.717, 1.165) is 0 Å². The lowest BCUT2D eigenvalue weighted by molar-refractivity contribution is -0.0497. The van der Waals surface area contributed by atoms with E-state index in [1.807, 2.05) is 0 Å². The Morgan fingerprint density at radius 1 is 1.33 bits per heavy atom. The standard InChI is InChI=1S/C15H13ClF3N3O2/c16-11-5-4-10(6-12(11)24-15(18)19)21-7-9(20)8-23-14-3-1-2-13(17)22-14/h1-7,15,21H,8,20H2/b9-7-. The van der Waals surface area contributed by atoms with Crippen molar-refractivity contribution in [3.8, 4) is 11.6 Å². The third-order valence-electron chi connectivity index (χ3n) is 2.65. The third-order valence-corrected chi connectivity index (χ3v) is 2.96. The summed E-state index contributed by atoms with van der Waals surface area (Å²) in [6, 6.07) is 8.38. The van der Waals surface area contributed by atoms with Gasteiger partial charge in [0.05, 0.1) is 10.7 Å². The molecule has 0 saturated carbocycles. The van der Waals surface area contributed by atoms with E-state index in [-0.39, 0.29) is 29.0 Å². The van der Waals surface area contributed by atoms with Crippen LogP contribution in [0.4, 0.5) is 18.9 Å². The summed E-state index contributed by atoms with van der Waals surface area (Å²) in [5.41, 5.74) is 6.43. The molecule has 0 radical (unpaired) electrons. The summed E-state index contributed by atoms with van der Waals surface area (Å²) in [5.74, 6) is -0.741. The average molecular weight is 360 g/mol. The van der Waals surface area contributed by atoms with Crippen molar-refractivity contribution in [2.75, 3.05) is 11.9 Å². The number of halogens is 4. The molecule has 3 N–H and O–H groups in total. The highest BCUT2D eigenvalue weighted by atomic mass is 35.5. The Bertz CT molecular complexity index is 729. The van der Waals surface area contributed by atoms with Crippen LogP contribution >= 0.6 is 11.6 Å². The van der Waals surface area contributed by atoms with Gasteiger partial charge in [-0.1, -0.05) is 17.7 Å². The molecule has 24 heavy (non-hydrogen) atoms. The van der Waals surface area contributed by atoms with Gasteiger partial charge >= 0.3 is 6.61 Å². The lowest BCUT2D eigenvalue weighted by atomic mass is 10.3. The Balaban J connectivity index is 1.94. The molecule has 2 rings (SSSR count). The highest BCUT2D eigenvalue weighted by molar-refractivity contribution is 6.32. The van der Waals surface area contributed by atoms with Gasteiger partial charge in [-0.15, -0.1) is 0 Å². The van der Waals surface area contributed by atoms with Gasteiger partial charge in [-0.3, -0.25) is 0 Å². The number of aromatic nitrogens is 1. The fraction of sp³-hybridized carbons (Fsp3) is 0.133. The van der Waals surface area contributed by atoms with Crippen LogP contribution in [-0.2, 0) is 0 Å². The topological polar surface area (TPSA) is 69.4 Å². The molecule has 0 fully saturated rings. The molecule has 0 unspecified atom stereocenters. The number of nitrogens with zero attached hydrogens (tertiary/aromatic N) is 1. The summed E-state index contributed by atoms with van der Waals surface area (Å²) in [6.45, 7) is -3.03. The molecule has 0 saturated heterocycles. The molecule has 0 amide bonds. The van der Waals surface area contributed by atoms with Crippen LogP contribution in [0.1, 0.15) is 0 Å². The van der Waals surface area contributed by atoms with Crippen molar-refractivity contribution >= 4 is 17.3 Å². The molecule has 1 heterocycles. The highest BCUT2D eigenvalue weighted by Gasteiger charge is 2.09. The molecule has 0 atom stereocenters. The first-order valence-electron chi connectivity index (χ1n) is 6.65. The van der Waals surface area contributed by atoms with E-state index in [2.05, 4.69) is 15.0 Å². The second-order valence-electron chi connectivity index (χ2n) is 4.47. The van der Waals surface area contributed by atoms with Crippen LogP contribution < -0.4 is 20.5 Å². The summed E-state index contributed by atoms with van der Waals surface area (Å²) in [4.78, 5) is 3.52. The lowest BCUT2D eigenvalue weighted by Crippen LogP contribution is -2.11. The number of hydrogen-bond donors (Lipinski definition) is 2. The first kappa shape index (κ1) is 17.7. The van der Waals surface area contributed by atoms with Gasteiger partial charge < -0.3 is 20.5 Å². The molecule has 5 nitrogen and oxygen atoms in total. The number of pyridine rings is 1. The summed E-state index contributed by atoms with van der Waals surface area (Å²) in [6.07, 6.45) is 1.40. The Hall–Kier alpha value is -2.61. The summed E-state index contributed by atoms with van der Waals surface area (Å²) in [5, 5.41) is 2.84. The smallest absolute Gasteiger partial charge is 0.387 e. The number of nitrogens with one attached hydrogen (secondary N) is 1. The van der Waals surface area contributed by atoms with Gasteiger partial charge in [0.2, 0.25) is 11.8 Å². The molecule has 1 aromatic carbocycles. The molecule has 0 aliphatic heterocycles. The quantitative estimate of drug-likeness (QED) is 0.736. The summed E-state index contributed by atoms with van der Waals surface area (Å²) < 4.78 is 46.9. The van der Waals surface area contributed by atoms with Gasteiger partial charge in [0.1, 0.15) is 12.4 Å². The first-order valence-corrected chi connectivity index (χ1v) is 7.02. The van der Waals surface area contributed by atoms with Gasteiger partial charge in [0.25, 0.3) is 0 Å². The maximum absolute atomic E-state index is 12.9. The second-order valence-corrected chi connectivity index (χ2v) is 4.88. The van der Waals surface area contributed by atoms with Crippen LogP contribution in [-0.4, -0.2) is 18.2 Å². The fourth-order valence-corrected chi connectivity index (χ4v) is 1.79. The van der Waals surface area contributed by atoms with Crippen LogP contribution in [0.5, 0.6) is 11.6 Å². The van der Waals surface area contributed by atoms with Crippen molar-refractivity contribution in [1.29, 1.82) is 0 Å². The zero-order valence-electron chi connectivity index (χ0n) is 12.2. The SMILES string of the molecule is N/C(=C\Nc1ccc(Cl)c(OC(F)F)c1)COc1cccc(F)n1. The maximum atomic E-state index is 12.9. The van der Waals surface area contributed by atoms with Crippen molar-refractivity contribution in [2.24, 2.45) is 5.73 Å². The summed E-state index contributed by atoms with van der Waals surface area (Å²) >= 11 is 5.75. The number of ether oxygens (including phenoxy) is 2. The molecular weight excluding hydrogens is 347 g/mol. The van der Waals surface area contributed by atoms with Crippen LogP contribution in [0.25, 0.3) is 0 Å².